The van der Waals surface area contributed by atoms with Crippen LogP contribution in [0.25, 0.3) is 6.08 Å². The number of carboxylic acids is 1. The number of carbonyl (C=O) groups is 2. The van der Waals surface area contributed by atoms with E-state index in [1.54, 1.807) is 30.3 Å². The van der Waals surface area contributed by atoms with E-state index in [2.05, 4.69) is 0 Å². The van der Waals surface area contributed by atoms with Crippen LogP contribution in [0, 0.1) is 5.82 Å². The maximum Gasteiger partial charge on any atom is 0.335 e. The second kappa shape index (κ2) is 6.54. The number of nitrogens with zero attached hydrogens (tertiary/aromatic N) is 1. The Morgan fingerprint density at radius 2 is 1.92 bits per heavy atom. The van der Waals surface area contributed by atoms with Crippen LogP contribution in [0.4, 0.5) is 10.1 Å². The van der Waals surface area contributed by atoms with E-state index in [1.165, 1.54) is 29.2 Å². The lowest BCUT2D eigenvalue weighted by Crippen LogP contribution is -2.27. The smallest absolute Gasteiger partial charge is 0.335 e. The van der Waals surface area contributed by atoms with Crippen LogP contribution in [0.15, 0.2) is 53.4 Å². The van der Waals surface area contributed by atoms with Gasteiger partial charge in [-0.2, -0.15) is 0 Å². The van der Waals surface area contributed by atoms with E-state index in [1.807, 2.05) is 0 Å². The van der Waals surface area contributed by atoms with Gasteiger partial charge >= 0.3 is 5.97 Å². The maximum atomic E-state index is 13.0. The monoisotopic (exact) mass is 359 g/mol. The Labute approximate surface area is 146 Å². The molecular weight excluding hydrogens is 349 g/mol. The third-order valence-electron chi connectivity index (χ3n) is 3.31. The van der Waals surface area contributed by atoms with Crippen LogP contribution in [0.5, 0.6) is 0 Å². The highest BCUT2D eigenvalue weighted by Gasteiger charge is 2.33. The highest BCUT2D eigenvalue weighted by Crippen LogP contribution is 2.36. The first-order valence-corrected chi connectivity index (χ1v) is 8.05. The first-order valence-electron chi connectivity index (χ1n) is 6.82. The Kier molecular flexibility index (Phi) is 4.46. The number of hydrogen-bond acceptors (Lipinski definition) is 4. The molecule has 4 nitrogen and oxygen atoms in total. The third-order valence-corrected chi connectivity index (χ3v) is 4.61. The van der Waals surface area contributed by atoms with Gasteiger partial charge in [-0.3, -0.25) is 9.69 Å². The van der Waals surface area contributed by atoms with E-state index in [9.17, 15) is 14.0 Å². The molecule has 24 heavy (non-hydrogen) atoms. The predicted octanol–water partition coefficient (Wildman–Crippen LogP) is 3.93. The standard InChI is InChI=1S/C17H10FNO3S2/c18-12-6-4-10(5-7-12)8-14-15(20)19(17(23)24-14)13-3-1-2-11(9-13)16(21)22/h1-9H,(H,21,22). The summed E-state index contributed by atoms with van der Waals surface area (Å²) in [6.07, 6.45) is 1.62. The Hall–Kier alpha value is -2.51. The number of halogens is 1. The normalized spacial score (nSPS) is 16.0. The minimum Gasteiger partial charge on any atom is -0.478 e. The summed E-state index contributed by atoms with van der Waals surface area (Å²) in [6, 6.07) is 11.8. The minimum atomic E-state index is -1.08. The van der Waals surface area contributed by atoms with Gasteiger partial charge in [0.25, 0.3) is 5.91 Å². The summed E-state index contributed by atoms with van der Waals surface area (Å²) in [4.78, 5) is 25.4. The van der Waals surface area contributed by atoms with Crippen LogP contribution >= 0.6 is 24.0 Å². The van der Waals surface area contributed by atoms with Crippen molar-refractivity contribution in [2.45, 2.75) is 0 Å². The summed E-state index contributed by atoms with van der Waals surface area (Å²) in [5.41, 5.74) is 1.15. The number of aromatic carboxylic acids is 1. The molecule has 0 bridgehead atoms. The molecule has 1 saturated heterocycles. The van der Waals surface area contributed by atoms with Crippen LogP contribution in [0.3, 0.4) is 0 Å². The first kappa shape index (κ1) is 16.4. The van der Waals surface area contributed by atoms with Crippen LogP contribution in [-0.4, -0.2) is 21.3 Å². The Morgan fingerprint density at radius 1 is 1.21 bits per heavy atom. The SMILES string of the molecule is O=C(O)c1cccc(N2C(=O)C(=Cc3ccc(F)cc3)SC2=S)c1. The molecule has 7 heteroatoms. The predicted molar refractivity (Wildman–Crippen MR) is 95.5 cm³/mol. The highest BCUT2D eigenvalue weighted by molar-refractivity contribution is 8.27. The zero-order chi connectivity index (χ0) is 17.3. The van der Waals surface area contributed by atoms with Crippen LogP contribution in [0.1, 0.15) is 15.9 Å². The summed E-state index contributed by atoms with van der Waals surface area (Å²) in [7, 11) is 0. The highest BCUT2D eigenvalue weighted by atomic mass is 32.2. The number of carboxylic acid groups (broad SMARTS) is 1. The molecule has 1 aliphatic rings. The average Bonchev–Trinajstić information content (AvgIpc) is 2.83. The average molecular weight is 359 g/mol. The van der Waals surface area contributed by atoms with Crippen molar-refractivity contribution in [1.29, 1.82) is 0 Å². The van der Waals surface area contributed by atoms with Crippen molar-refractivity contribution in [1.82, 2.24) is 0 Å². The van der Waals surface area contributed by atoms with Crippen molar-refractivity contribution >= 4 is 51.9 Å². The number of anilines is 1. The van der Waals surface area contributed by atoms with Gasteiger partial charge in [-0.1, -0.05) is 42.2 Å². The lowest BCUT2D eigenvalue weighted by atomic mass is 10.2. The molecule has 1 N–H and O–H groups in total. The lowest BCUT2D eigenvalue weighted by molar-refractivity contribution is -0.113. The molecule has 2 aromatic carbocycles. The zero-order valence-corrected chi connectivity index (χ0v) is 13.7. The van der Waals surface area contributed by atoms with E-state index in [4.69, 9.17) is 17.3 Å². The van der Waals surface area contributed by atoms with Gasteiger partial charge in [-0.15, -0.1) is 0 Å². The van der Waals surface area contributed by atoms with Gasteiger partial charge in [0.05, 0.1) is 16.2 Å². The van der Waals surface area contributed by atoms with E-state index in [0.717, 1.165) is 11.8 Å². The van der Waals surface area contributed by atoms with E-state index in [0.29, 0.717) is 20.5 Å². The van der Waals surface area contributed by atoms with Crippen LogP contribution in [0.2, 0.25) is 0 Å². The number of hydrogen-bond donors (Lipinski definition) is 1. The number of thioether (sulfide) groups is 1. The van der Waals surface area contributed by atoms with Gasteiger partial charge in [0.1, 0.15) is 5.82 Å². The molecule has 0 atom stereocenters. The molecule has 1 amide bonds. The topological polar surface area (TPSA) is 57.6 Å². The molecule has 120 valence electrons. The van der Waals surface area contributed by atoms with Crippen molar-refractivity contribution in [3.63, 3.8) is 0 Å². The summed E-state index contributed by atoms with van der Waals surface area (Å²) in [6.45, 7) is 0. The molecule has 1 aliphatic heterocycles. The second-order valence-electron chi connectivity index (χ2n) is 4.92. The summed E-state index contributed by atoms with van der Waals surface area (Å²) in [5.74, 6) is -1.77. The Morgan fingerprint density at radius 3 is 2.58 bits per heavy atom. The van der Waals surface area contributed by atoms with Crippen LogP contribution in [-0.2, 0) is 4.79 Å². The largest absolute Gasteiger partial charge is 0.478 e. The number of carbonyl (C=O) groups excluding carboxylic acids is 1. The van der Waals surface area contributed by atoms with Gasteiger partial charge in [-0.05, 0) is 42.0 Å². The number of thiocarbonyl (C=S) groups is 1. The number of amides is 1. The zero-order valence-electron chi connectivity index (χ0n) is 12.1. The summed E-state index contributed by atoms with van der Waals surface area (Å²) < 4.78 is 13.3. The minimum absolute atomic E-state index is 0.0732. The fourth-order valence-corrected chi connectivity index (χ4v) is 3.48. The maximum absolute atomic E-state index is 13.0. The van der Waals surface area contributed by atoms with Crippen molar-refractivity contribution in [2.24, 2.45) is 0 Å². The van der Waals surface area contributed by atoms with Gasteiger partial charge in [0.15, 0.2) is 4.32 Å². The Balaban J connectivity index is 1.93. The number of benzene rings is 2. The Bertz CT molecular complexity index is 878. The molecule has 3 rings (SSSR count). The van der Waals surface area contributed by atoms with E-state index >= 15 is 0 Å². The third kappa shape index (κ3) is 3.22. The number of rotatable bonds is 3. The molecular formula is C17H10FNO3S2. The molecule has 0 unspecified atom stereocenters. The van der Waals surface area contributed by atoms with Gasteiger partial charge in [0.2, 0.25) is 0 Å². The van der Waals surface area contributed by atoms with Crippen molar-refractivity contribution in [3.8, 4) is 0 Å². The molecule has 0 saturated carbocycles. The first-order chi connectivity index (χ1) is 11.5. The molecule has 0 aliphatic carbocycles. The summed E-state index contributed by atoms with van der Waals surface area (Å²) in [5, 5.41) is 9.07. The van der Waals surface area contributed by atoms with Crippen molar-refractivity contribution < 1.29 is 19.1 Å². The van der Waals surface area contributed by atoms with E-state index < -0.39 is 5.97 Å². The van der Waals surface area contributed by atoms with E-state index in [-0.39, 0.29) is 17.3 Å². The van der Waals surface area contributed by atoms with Gasteiger partial charge in [-0.25, -0.2) is 9.18 Å². The lowest BCUT2D eigenvalue weighted by Gasteiger charge is -2.14. The molecule has 0 radical (unpaired) electrons. The van der Waals surface area contributed by atoms with Gasteiger partial charge < -0.3 is 5.11 Å². The van der Waals surface area contributed by atoms with Crippen molar-refractivity contribution in [2.75, 3.05) is 4.90 Å². The quantitative estimate of drug-likeness (QED) is 0.665. The molecule has 0 aromatic heterocycles. The molecule has 1 fully saturated rings. The second-order valence-corrected chi connectivity index (χ2v) is 6.60. The van der Waals surface area contributed by atoms with Crippen LogP contribution < -0.4 is 4.90 Å². The molecule has 0 spiro atoms. The molecule has 1 heterocycles. The van der Waals surface area contributed by atoms with Gasteiger partial charge in [0, 0.05) is 0 Å². The molecule has 2 aromatic rings. The fourth-order valence-electron chi connectivity index (χ4n) is 2.18. The van der Waals surface area contributed by atoms with Crippen molar-refractivity contribution in [3.05, 3.63) is 70.4 Å². The summed E-state index contributed by atoms with van der Waals surface area (Å²) >= 11 is 6.36. The fraction of sp³-hybridized carbons (Fsp3) is 0.